The SMILES string of the molecule is CC(C)c1cc(C(N)=O)cc(C(C)C)c1NC(=O)NS(=O)(=O)c1ncc(C(C)(C)O)o1. The molecule has 1 aromatic heterocycles. The number of urea groups is 1. The van der Waals surface area contributed by atoms with Gasteiger partial charge in [0.25, 0.3) is 0 Å². The van der Waals surface area contributed by atoms with Crippen LogP contribution in [0.25, 0.3) is 0 Å². The largest absolute Gasteiger partial charge is 0.429 e. The number of aromatic nitrogens is 1. The number of aliphatic hydroxyl groups is 1. The van der Waals surface area contributed by atoms with Crippen LogP contribution >= 0.6 is 0 Å². The fourth-order valence-corrected chi connectivity index (χ4v) is 3.63. The van der Waals surface area contributed by atoms with Crippen LogP contribution in [0.3, 0.4) is 0 Å². The van der Waals surface area contributed by atoms with Crippen LogP contribution in [0.4, 0.5) is 10.5 Å². The van der Waals surface area contributed by atoms with Gasteiger partial charge in [-0.05, 0) is 48.9 Å². The number of nitrogens with two attached hydrogens (primary N) is 1. The van der Waals surface area contributed by atoms with Crippen LogP contribution in [-0.2, 0) is 15.6 Å². The molecule has 0 saturated heterocycles. The molecule has 1 aromatic carbocycles. The van der Waals surface area contributed by atoms with Crippen molar-refractivity contribution >= 4 is 27.6 Å². The highest BCUT2D eigenvalue weighted by Crippen LogP contribution is 2.34. The van der Waals surface area contributed by atoms with Crippen molar-refractivity contribution in [1.29, 1.82) is 0 Å². The maximum Gasteiger partial charge on any atom is 0.336 e. The Hall–Kier alpha value is -2.92. The molecule has 0 unspecified atom stereocenters. The molecule has 3 amide bonds. The summed E-state index contributed by atoms with van der Waals surface area (Å²) >= 11 is 0. The van der Waals surface area contributed by atoms with E-state index in [4.69, 9.17) is 10.2 Å². The number of benzene rings is 1. The van der Waals surface area contributed by atoms with E-state index in [-0.39, 0.29) is 17.6 Å². The first-order chi connectivity index (χ1) is 14.1. The summed E-state index contributed by atoms with van der Waals surface area (Å²) < 4.78 is 31.9. The Morgan fingerprint density at radius 1 is 1.13 bits per heavy atom. The Morgan fingerprint density at radius 2 is 1.65 bits per heavy atom. The second kappa shape index (κ2) is 8.67. The van der Waals surface area contributed by atoms with Gasteiger partial charge in [0.2, 0.25) is 5.91 Å². The highest BCUT2D eigenvalue weighted by Gasteiger charge is 2.29. The number of rotatable bonds is 7. The van der Waals surface area contributed by atoms with Gasteiger partial charge in [-0.1, -0.05) is 27.7 Å². The molecule has 2 aromatic rings. The van der Waals surface area contributed by atoms with Crippen LogP contribution in [0.1, 0.15) is 80.6 Å². The third kappa shape index (κ3) is 5.61. The zero-order valence-electron chi connectivity index (χ0n) is 18.3. The lowest BCUT2D eigenvalue weighted by Gasteiger charge is -2.21. The monoisotopic (exact) mass is 452 g/mol. The fraction of sp³-hybridized carbons (Fsp3) is 0.450. The third-order valence-electron chi connectivity index (χ3n) is 4.51. The number of nitrogens with zero attached hydrogens (tertiary/aromatic N) is 1. The van der Waals surface area contributed by atoms with Crippen molar-refractivity contribution in [2.24, 2.45) is 5.73 Å². The molecule has 0 atom stereocenters. The van der Waals surface area contributed by atoms with Crippen LogP contribution < -0.4 is 15.8 Å². The lowest BCUT2D eigenvalue weighted by Crippen LogP contribution is -2.35. The van der Waals surface area contributed by atoms with Crippen molar-refractivity contribution in [3.63, 3.8) is 0 Å². The molecule has 0 radical (unpaired) electrons. The van der Waals surface area contributed by atoms with Crippen molar-refractivity contribution in [2.45, 2.75) is 64.2 Å². The molecule has 170 valence electrons. The summed E-state index contributed by atoms with van der Waals surface area (Å²) in [6.07, 6.45) is 1.07. The van der Waals surface area contributed by atoms with Crippen molar-refractivity contribution in [1.82, 2.24) is 9.71 Å². The Kier molecular flexibility index (Phi) is 6.81. The molecule has 0 aliphatic heterocycles. The molecule has 0 spiro atoms. The minimum atomic E-state index is -4.43. The second-order valence-electron chi connectivity index (χ2n) is 8.31. The summed E-state index contributed by atoms with van der Waals surface area (Å²) in [7, 11) is -4.43. The van der Waals surface area contributed by atoms with Gasteiger partial charge in [0.05, 0.1) is 6.20 Å². The van der Waals surface area contributed by atoms with Gasteiger partial charge in [-0.15, -0.1) is 0 Å². The Morgan fingerprint density at radius 3 is 2.03 bits per heavy atom. The first kappa shape index (κ1) is 24.4. The third-order valence-corrected chi connectivity index (χ3v) is 5.61. The lowest BCUT2D eigenvalue weighted by molar-refractivity contribution is 0.0500. The van der Waals surface area contributed by atoms with Gasteiger partial charge < -0.3 is 20.6 Å². The molecule has 5 N–H and O–H groups in total. The summed E-state index contributed by atoms with van der Waals surface area (Å²) in [6, 6.07) is 2.12. The molecule has 0 fully saturated rings. The summed E-state index contributed by atoms with van der Waals surface area (Å²) in [5.41, 5.74) is 5.95. The molecule has 0 bridgehead atoms. The van der Waals surface area contributed by atoms with Crippen molar-refractivity contribution in [3.8, 4) is 0 Å². The number of oxazole rings is 1. The van der Waals surface area contributed by atoms with E-state index >= 15 is 0 Å². The van der Waals surface area contributed by atoms with E-state index in [2.05, 4.69) is 10.3 Å². The van der Waals surface area contributed by atoms with Gasteiger partial charge in [0, 0.05) is 11.3 Å². The van der Waals surface area contributed by atoms with Gasteiger partial charge in [-0.3, -0.25) is 4.79 Å². The maximum absolute atomic E-state index is 12.6. The average Bonchev–Trinajstić information content (AvgIpc) is 3.12. The zero-order valence-corrected chi connectivity index (χ0v) is 19.1. The van der Waals surface area contributed by atoms with Crippen LogP contribution in [0.2, 0.25) is 0 Å². The molecule has 2 rings (SSSR count). The van der Waals surface area contributed by atoms with Crippen molar-refractivity contribution in [2.75, 3.05) is 5.32 Å². The first-order valence-corrected chi connectivity index (χ1v) is 11.1. The van der Waals surface area contributed by atoms with Gasteiger partial charge in [-0.2, -0.15) is 8.42 Å². The number of carbonyl (C=O) groups is 2. The molecule has 31 heavy (non-hydrogen) atoms. The van der Waals surface area contributed by atoms with Crippen LogP contribution in [-0.4, -0.2) is 30.4 Å². The molecule has 0 aliphatic rings. The first-order valence-electron chi connectivity index (χ1n) is 9.63. The van der Waals surface area contributed by atoms with Gasteiger partial charge >= 0.3 is 21.3 Å². The number of carbonyl (C=O) groups excluding carboxylic acids is 2. The van der Waals surface area contributed by atoms with Crippen LogP contribution in [0.15, 0.2) is 28.0 Å². The van der Waals surface area contributed by atoms with E-state index in [9.17, 15) is 23.1 Å². The van der Waals surface area contributed by atoms with E-state index in [1.165, 1.54) is 13.8 Å². The Bertz CT molecular complexity index is 1070. The summed E-state index contributed by atoms with van der Waals surface area (Å²) in [6.45, 7) is 10.3. The molecular formula is C20H28N4O6S. The maximum atomic E-state index is 12.6. The predicted octanol–water partition coefficient (Wildman–Crippen LogP) is 2.76. The van der Waals surface area contributed by atoms with Crippen LogP contribution in [0.5, 0.6) is 0 Å². The molecule has 10 nitrogen and oxygen atoms in total. The minimum absolute atomic E-state index is 0.0699. The normalized spacial score (nSPS) is 12.3. The molecule has 0 saturated carbocycles. The quantitative estimate of drug-likeness (QED) is 0.501. The van der Waals surface area contributed by atoms with Gasteiger partial charge in [-0.25, -0.2) is 14.5 Å². The number of amides is 3. The standard InChI is InChI=1S/C20H28N4O6S/c1-10(2)13-7-12(17(21)25)8-14(11(3)4)16(13)23-18(26)24-31(28,29)19-22-9-15(30-19)20(5,6)27/h7-11,27H,1-6H3,(H2,21,25)(H2,23,24,26). The topological polar surface area (TPSA) is 165 Å². The Labute approximate surface area is 181 Å². The minimum Gasteiger partial charge on any atom is -0.429 e. The number of sulfonamides is 1. The number of primary amides is 1. The number of nitrogens with one attached hydrogen (secondary N) is 2. The van der Waals surface area contributed by atoms with Crippen LogP contribution in [0, 0.1) is 0 Å². The highest BCUT2D eigenvalue weighted by atomic mass is 32.2. The fourth-order valence-electron chi connectivity index (χ4n) is 2.85. The zero-order chi connectivity index (χ0) is 23.7. The number of anilines is 1. The summed E-state index contributed by atoms with van der Waals surface area (Å²) in [5, 5.41) is 11.7. The molecule has 0 aliphatic carbocycles. The van der Waals surface area contributed by atoms with Gasteiger partial charge in [0.15, 0.2) is 5.76 Å². The highest BCUT2D eigenvalue weighted by molar-refractivity contribution is 7.89. The van der Waals surface area contributed by atoms with E-state index in [0.717, 1.165) is 6.20 Å². The van der Waals surface area contributed by atoms with E-state index in [0.29, 0.717) is 22.4 Å². The van der Waals surface area contributed by atoms with E-state index in [1.807, 2.05) is 32.4 Å². The molecule has 1 heterocycles. The summed E-state index contributed by atoms with van der Waals surface area (Å²) in [4.78, 5) is 27.9. The average molecular weight is 453 g/mol. The molecule has 11 heteroatoms. The number of hydrogen-bond acceptors (Lipinski definition) is 7. The van der Waals surface area contributed by atoms with Crippen molar-refractivity contribution < 1.29 is 27.5 Å². The van der Waals surface area contributed by atoms with E-state index < -0.39 is 32.8 Å². The lowest BCUT2D eigenvalue weighted by atomic mass is 9.90. The second-order valence-corrected chi connectivity index (χ2v) is 9.87. The van der Waals surface area contributed by atoms with Crippen molar-refractivity contribution in [3.05, 3.63) is 40.8 Å². The van der Waals surface area contributed by atoms with E-state index in [1.54, 1.807) is 12.1 Å². The smallest absolute Gasteiger partial charge is 0.336 e. The number of hydrogen-bond donors (Lipinski definition) is 4. The predicted molar refractivity (Wildman–Crippen MR) is 114 cm³/mol. The molecular weight excluding hydrogens is 424 g/mol. The summed E-state index contributed by atoms with van der Waals surface area (Å²) in [5.74, 6) is -0.858. The van der Waals surface area contributed by atoms with Gasteiger partial charge in [0.1, 0.15) is 5.60 Å². The Balaban J connectivity index is 2.38.